The maximum Gasteiger partial charge on any atom is 0.272 e. The number of carbonyl (C=O) groups is 1. The van der Waals surface area contributed by atoms with E-state index in [0.717, 1.165) is 5.56 Å². The molecular formula is C15H12Cl2N2O. The van der Waals surface area contributed by atoms with Crippen LogP contribution in [0.4, 0.5) is 0 Å². The first-order chi connectivity index (χ1) is 9.59. The van der Waals surface area contributed by atoms with Crippen molar-refractivity contribution in [1.29, 1.82) is 0 Å². The van der Waals surface area contributed by atoms with Crippen LogP contribution in [-0.4, -0.2) is 11.6 Å². The molecule has 3 nitrogen and oxygen atoms in total. The van der Waals surface area contributed by atoms with Gasteiger partial charge in [-0.1, -0.05) is 53.5 Å². The van der Waals surface area contributed by atoms with Gasteiger partial charge in [0, 0.05) is 10.6 Å². The molecule has 0 unspecified atom stereocenters. The predicted octanol–water partition coefficient (Wildman–Crippen LogP) is 4.15. The average Bonchev–Trinajstić information content (AvgIpc) is 2.45. The number of rotatable bonds is 3. The van der Waals surface area contributed by atoms with E-state index in [1.165, 1.54) is 0 Å². The van der Waals surface area contributed by atoms with Crippen molar-refractivity contribution in [1.82, 2.24) is 5.43 Å². The Hall–Kier alpha value is -1.84. The van der Waals surface area contributed by atoms with Gasteiger partial charge >= 0.3 is 0 Å². The van der Waals surface area contributed by atoms with Gasteiger partial charge in [-0.2, -0.15) is 5.10 Å². The van der Waals surface area contributed by atoms with Crippen LogP contribution < -0.4 is 5.43 Å². The molecule has 0 bridgehead atoms. The highest BCUT2D eigenvalue weighted by Gasteiger charge is 2.09. The van der Waals surface area contributed by atoms with Crippen molar-refractivity contribution in [3.05, 3.63) is 69.7 Å². The SMILES string of the molecule is CC(=NNC(=O)c1ccccc1Cl)c1ccccc1Cl. The number of benzene rings is 2. The molecule has 2 rings (SSSR count). The summed E-state index contributed by atoms with van der Waals surface area (Å²) >= 11 is 12.0. The molecular weight excluding hydrogens is 295 g/mol. The number of hydrazone groups is 1. The number of nitrogens with one attached hydrogen (secondary N) is 1. The van der Waals surface area contributed by atoms with Crippen LogP contribution in [0.25, 0.3) is 0 Å². The van der Waals surface area contributed by atoms with Gasteiger partial charge in [0.1, 0.15) is 0 Å². The van der Waals surface area contributed by atoms with Gasteiger partial charge in [0.15, 0.2) is 0 Å². The van der Waals surface area contributed by atoms with Crippen molar-refractivity contribution >= 4 is 34.8 Å². The van der Waals surface area contributed by atoms with Crippen LogP contribution in [0, 0.1) is 0 Å². The monoisotopic (exact) mass is 306 g/mol. The fourth-order valence-corrected chi connectivity index (χ4v) is 2.15. The molecule has 0 spiro atoms. The Labute approximate surface area is 127 Å². The lowest BCUT2D eigenvalue weighted by Gasteiger charge is -2.05. The number of hydrogen-bond acceptors (Lipinski definition) is 2. The second-order valence-electron chi connectivity index (χ2n) is 4.10. The molecule has 5 heteroatoms. The minimum atomic E-state index is -0.359. The van der Waals surface area contributed by atoms with E-state index in [-0.39, 0.29) is 5.91 Å². The summed E-state index contributed by atoms with van der Waals surface area (Å²) in [6, 6.07) is 14.1. The van der Waals surface area contributed by atoms with Crippen LogP contribution in [0.5, 0.6) is 0 Å². The van der Waals surface area contributed by atoms with Crippen molar-refractivity contribution in [2.24, 2.45) is 5.10 Å². The summed E-state index contributed by atoms with van der Waals surface area (Å²) in [6.45, 7) is 1.77. The molecule has 0 atom stereocenters. The number of halogens is 2. The highest BCUT2D eigenvalue weighted by atomic mass is 35.5. The molecule has 0 heterocycles. The molecule has 0 aliphatic carbocycles. The van der Waals surface area contributed by atoms with Crippen LogP contribution in [0.15, 0.2) is 53.6 Å². The summed E-state index contributed by atoms with van der Waals surface area (Å²) in [5.74, 6) is -0.359. The molecule has 102 valence electrons. The van der Waals surface area contributed by atoms with E-state index in [1.54, 1.807) is 37.3 Å². The standard InChI is InChI=1S/C15H12Cl2N2O/c1-10(11-6-2-4-8-13(11)16)18-19-15(20)12-7-3-5-9-14(12)17/h2-9H,1H3,(H,19,20). The third-order valence-electron chi connectivity index (χ3n) is 2.71. The summed E-state index contributed by atoms with van der Waals surface area (Å²) in [6.07, 6.45) is 0. The van der Waals surface area contributed by atoms with E-state index in [2.05, 4.69) is 10.5 Å². The van der Waals surface area contributed by atoms with Crippen LogP contribution >= 0.6 is 23.2 Å². The molecule has 1 N–H and O–H groups in total. The van der Waals surface area contributed by atoms with Crippen LogP contribution in [0.3, 0.4) is 0 Å². The minimum Gasteiger partial charge on any atom is -0.267 e. The first-order valence-electron chi connectivity index (χ1n) is 5.93. The fourth-order valence-electron chi connectivity index (χ4n) is 1.66. The zero-order valence-electron chi connectivity index (χ0n) is 10.7. The van der Waals surface area contributed by atoms with Crippen molar-refractivity contribution in [2.75, 3.05) is 0 Å². The molecule has 1 amide bonds. The second kappa shape index (κ2) is 6.55. The van der Waals surface area contributed by atoms with Gasteiger partial charge in [-0.25, -0.2) is 5.43 Å². The molecule has 0 saturated heterocycles. The second-order valence-corrected chi connectivity index (χ2v) is 4.91. The largest absolute Gasteiger partial charge is 0.272 e. The lowest BCUT2D eigenvalue weighted by Crippen LogP contribution is -2.19. The highest BCUT2D eigenvalue weighted by molar-refractivity contribution is 6.34. The maximum atomic E-state index is 12.0. The molecule has 0 aliphatic heterocycles. The Morgan fingerprint density at radius 3 is 2.00 bits per heavy atom. The van der Waals surface area contributed by atoms with Gasteiger partial charge in [0.25, 0.3) is 5.91 Å². The smallest absolute Gasteiger partial charge is 0.267 e. The highest BCUT2D eigenvalue weighted by Crippen LogP contribution is 2.16. The normalized spacial score (nSPS) is 11.2. The molecule has 20 heavy (non-hydrogen) atoms. The molecule has 0 radical (unpaired) electrons. The first kappa shape index (κ1) is 14.6. The lowest BCUT2D eigenvalue weighted by molar-refractivity contribution is 0.0955. The first-order valence-corrected chi connectivity index (χ1v) is 6.69. The summed E-state index contributed by atoms with van der Waals surface area (Å²) in [5, 5.41) is 5.02. The van der Waals surface area contributed by atoms with Gasteiger partial charge in [0.05, 0.1) is 16.3 Å². The number of amides is 1. The van der Waals surface area contributed by atoms with Gasteiger partial charge in [-0.05, 0) is 25.1 Å². The summed E-state index contributed by atoms with van der Waals surface area (Å²) in [7, 11) is 0. The summed E-state index contributed by atoms with van der Waals surface area (Å²) in [5.41, 5.74) is 4.24. The van der Waals surface area contributed by atoms with E-state index in [1.807, 2.05) is 18.2 Å². The number of hydrogen-bond donors (Lipinski definition) is 1. The maximum absolute atomic E-state index is 12.0. The molecule has 0 fully saturated rings. The van der Waals surface area contributed by atoms with Gasteiger partial charge in [-0.15, -0.1) is 0 Å². The van der Waals surface area contributed by atoms with Crippen molar-refractivity contribution in [3.63, 3.8) is 0 Å². The van der Waals surface area contributed by atoms with Gasteiger partial charge < -0.3 is 0 Å². The Balaban J connectivity index is 2.16. The third kappa shape index (κ3) is 3.38. The topological polar surface area (TPSA) is 41.5 Å². The summed E-state index contributed by atoms with van der Waals surface area (Å²) in [4.78, 5) is 12.0. The van der Waals surface area contributed by atoms with Gasteiger partial charge in [-0.3, -0.25) is 4.79 Å². The van der Waals surface area contributed by atoms with E-state index < -0.39 is 0 Å². The summed E-state index contributed by atoms with van der Waals surface area (Å²) < 4.78 is 0. The average molecular weight is 307 g/mol. The Morgan fingerprint density at radius 1 is 0.950 bits per heavy atom. The van der Waals surface area contributed by atoms with Crippen molar-refractivity contribution in [3.8, 4) is 0 Å². The number of carbonyl (C=O) groups excluding carboxylic acids is 1. The number of nitrogens with zero attached hydrogens (tertiary/aromatic N) is 1. The zero-order chi connectivity index (χ0) is 14.5. The van der Waals surface area contributed by atoms with Crippen LogP contribution in [-0.2, 0) is 0 Å². The fraction of sp³-hybridized carbons (Fsp3) is 0.0667. The van der Waals surface area contributed by atoms with Crippen molar-refractivity contribution < 1.29 is 4.79 Å². The van der Waals surface area contributed by atoms with Gasteiger partial charge in [0.2, 0.25) is 0 Å². The van der Waals surface area contributed by atoms with Crippen molar-refractivity contribution in [2.45, 2.75) is 6.92 Å². The molecule has 2 aromatic rings. The quantitative estimate of drug-likeness (QED) is 0.672. The lowest BCUT2D eigenvalue weighted by atomic mass is 10.1. The Kier molecular flexibility index (Phi) is 4.77. The third-order valence-corrected chi connectivity index (χ3v) is 3.37. The Bertz CT molecular complexity index is 668. The minimum absolute atomic E-state index is 0.359. The molecule has 2 aromatic carbocycles. The molecule has 0 aliphatic rings. The van der Waals surface area contributed by atoms with E-state index in [4.69, 9.17) is 23.2 Å². The van der Waals surface area contributed by atoms with E-state index >= 15 is 0 Å². The van der Waals surface area contributed by atoms with Crippen LogP contribution in [0.2, 0.25) is 10.0 Å². The Morgan fingerprint density at radius 2 is 1.45 bits per heavy atom. The zero-order valence-corrected chi connectivity index (χ0v) is 12.2. The predicted molar refractivity (Wildman–Crippen MR) is 82.6 cm³/mol. The van der Waals surface area contributed by atoms with E-state index in [9.17, 15) is 4.79 Å². The van der Waals surface area contributed by atoms with Crippen LogP contribution in [0.1, 0.15) is 22.8 Å². The van der Waals surface area contributed by atoms with E-state index in [0.29, 0.717) is 21.3 Å². The molecule has 0 aromatic heterocycles. The molecule has 0 saturated carbocycles.